The maximum absolute atomic E-state index is 11.7. The summed E-state index contributed by atoms with van der Waals surface area (Å²) in [7, 11) is 3.86. The summed E-state index contributed by atoms with van der Waals surface area (Å²) in [6.07, 6.45) is 0. The molecule has 0 saturated carbocycles. The van der Waals surface area contributed by atoms with Crippen LogP contribution >= 0.6 is 0 Å². The van der Waals surface area contributed by atoms with Gasteiger partial charge in [-0.25, -0.2) is 4.79 Å². The van der Waals surface area contributed by atoms with Crippen LogP contribution < -0.4 is 0 Å². The van der Waals surface area contributed by atoms with E-state index in [0.717, 1.165) is 6.54 Å². The number of carbonyl (C=O) groups is 2. The number of rotatable bonds is 5. The van der Waals surface area contributed by atoms with Crippen LogP contribution in [0, 0.1) is 0 Å². The number of amides is 1. The molecule has 0 heterocycles. The number of nitrogens with zero attached hydrogens (tertiary/aromatic N) is 2. The normalized spacial score (nSPS) is 12.4. The minimum atomic E-state index is -0.769. The van der Waals surface area contributed by atoms with Crippen molar-refractivity contribution in [1.29, 1.82) is 0 Å². The average molecular weight is 230 g/mol. The van der Waals surface area contributed by atoms with E-state index in [2.05, 4.69) is 0 Å². The van der Waals surface area contributed by atoms with E-state index < -0.39 is 11.9 Å². The van der Waals surface area contributed by atoms with E-state index in [-0.39, 0.29) is 12.6 Å². The summed E-state index contributed by atoms with van der Waals surface area (Å²) >= 11 is 0. The Labute approximate surface area is 97.3 Å². The maximum atomic E-state index is 11.7. The quantitative estimate of drug-likeness (QED) is 0.505. The van der Waals surface area contributed by atoms with E-state index in [1.807, 2.05) is 32.8 Å². The van der Waals surface area contributed by atoms with Crippen LogP contribution in [0.3, 0.4) is 0 Å². The third kappa shape index (κ3) is 4.61. The zero-order valence-electron chi connectivity index (χ0n) is 10.8. The van der Waals surface area contributed by atoms with Crippen molar-refractivity contribution in [2.75, 3.05) is 33.8 Å². The molecule has 0 saturated heterocycles. The number of hydrogen-bond acceptors (Lipinski definition) is 4. The summed E-state index contributed by atoms with van der Waals surface area (Å²) in [6.45, 7) is 6.91. The topological polar surface area (TPSA) is 49.9 Å². The van der Waals surface area contributed by atoms with E-state index in [1.165, 1.54) is 4.90 Å². The molecule has 0 spiro atoms. The molecule has 0 aromatic rings. The molecule has 94 valence electrons. The Balaban J connectivity index is 4.47. The minimum absolute atomic E-state index is 0.00286. The Hall–Kier alpha value is -1.10. The van der Waals surface area contributed by atoms with Crippen molar-refractivity contribution in [2.45, 2.75) is 26.8 Å². The molecular weight excluding hydrogens is 208 g/mol. The highest BCUT2D eigenvalue weighted by atomic mass is 16.5. The van der Waals surface area contributed by atoms with Crippen molar-refractivity contribution < 1.29 is 14.3 Å². The van der Waals surface area contributed by atoms with Gasteiger partial charge in [0.25, 0.3) is 0 Å². The number of hydrogen-bond donors (Lipinski definition) is 0. The largest absolute Gasteiger partial charge is 0.459 e. The van der Waals surface area contributed by atoms with Gasteiger partial charge in [0.15, 0.2) is 0 Å². The smallest absolute Gasteiger partial charge is 0.397 e. The fraction of sp³-hybridized carbons (Fsp3) is 0.818. The van der Waals surface area contributed by atoms with Gasteiger partial charge in [0.05, 0.1) is 6.61 Å². The molecule has 0 fully saturated rings. The summed E-state index contributed by atoms with van der Waals surface area (Å²) in [4.78, 5) is 26.5. The van der Waals surface area contributed by atoms with Gasteiger partial charge in [-0.05, 0) is 34.9 Å². The lowest BCUT2D eigenvalue weighted by molar-refractivity contribution is -0.161. The lowest BCUT2D eigenvalue weighted by Crippen LogP contribution is -2.47. The molecule has 0 N–H and O–H groups in total. The van der Waals surface area contributed by atoms with Gasteiger partial charge in [-0.1, -0.05) is 0 Å². The number of ether oxygens (including phenoxy) is 1. The Morgan fingerprint density at radius 2 is 1.81 bits per heavy atom. The molecule has 5 heteroatoms. The molecule has 0 aromatic heterocycles. The van der Waals surface area contributed by atoms with Crippen LogP contribution in [-0.2, 0) is 14.3 Å². The molecule has 16 heavy (non-hydrogen) atoms. The molecule has 1 amide bonds. The first-order valence-electron chi connectivity index (χ1n) is 5.56. The molecule has 0 rings (SSSR count). The molecule has 0 radical (unpaired) electrons. The van der Waals surface area contributed by atoms with E-state index >= 15 is 0 Å². The zero-order valence-corrected chi connectivity index (χ0v) is 10.8. The standard InChI is InChI=1S/C11H22N2O3/c1-6-13(9(3)8-12(4)5)10(14)11(15)16-7-2/h9H,6-8H2,1-5H3. The van der Waals surface area contributed by atoms with Crippen LogP contribution in [0.15, 0.2) is 0 Å². The predicted molar refractivity (Wildman–Crippen MR) is 62.0 cm³/mol. The third-order valence-electron chi connectivity index (χ3n) is 2.21. The Bertz CT molecular complexity index is 241. The molecule has 1 atom stereocenters. The lowest BCUT2D eigenvalue weighted by Gasteiger charge is -2.29. The third-order valence-corrected chi connectivity index (χ3v) is 2.21. The van der Waals surface area contributed by atoms with Gasteiger partial charge in [-0.3, -0.25) is 4.79 Å². The fourth-order valence-corrected chi connectivity index (χ4v) is 1.59. The van der Waals surface area contributed by atoms with E-state index in [9.17, 15) is 9.59 Å². The first kappa shape index (κ1) is 14.9. The SMILES string of the molecule is CCOC(=O)C(=O)N(CC)C(C)CN(C)C. The highest BCUT2D eigenvalue weighted by Crippen LogP contribution is 2.02. The summed E-state index contributed by atoms with van der Waals surface area (Å²) in [5, 5.41) is 0. The Morgan fingerprint density at radius 3 is 2.19 bits per heavy atom. The van der Waals surface area contributed by atoms with Crippen molar-refractivity contribution in [3.8, 4) is 0 Å². The van der Waals surface area contributed by atoms with Crippen LogP contribution in [0.2, 0.25) is 0 Å². The fourth-order valence-electron chi connectivity index (χ4n) is 1.59. The van der Waals surface area contributed by atoms with E-state index in [4.69, 9.17) is 4.74 Å². The van der Waals surface area contributed by atoms with Crippen molar-refractivity contribution in [3.63, 3.8) is 0 Å². The van der Waals surface area contributed by atoms with Crippen molar-refractivity contribution in [1.82, 2.24) is 9.80 Å². The number of carbonyl (C=O) groups excluding carboxylic acids is 2. The summed E-state index contributed by atoms with van der Waals surface area (Å²) < 4.78 is 4.70. The van der Waals surface area contributed by atoms with Crippen LogP contribution in [0.25, 0.3) is 0 Å². The second-order valence-electron chi connectivity index (χ2n) is 3.92. The highest BCUT2D eigenvalue weighted by Gasteiger charge is 2.25. The average Bonchev–Trinajstić information content (AvgIpc) is 2.17. The van der Waals surface area contributed by atoms with Gasteiger partial charge < -0.3 is 14.5 Å². The van der Waals surface area contributed by atoms with Gasteiger partial charge >= 0.3 is 11.9 Å². The summed E-state index contributed by atoms with van der Waals surface area (Å²) in [5.74, 6) is -1.33. The second-order valence-corrected chi connectivity index (χ2v) is 3.92. The van der Waals surface area contributed by atoms with Crippen LogP contribution in [0.4, 0.5) is 0 Å². The maximum Gasteiger partial charge on any atom is 0.397 e. The Kier molecular flexibility index (Phi) is 6.72. The molecule has 0 aliphatic carbocycles. The van der Waals surface area contributed by atoms with Gasteiger partial charge in [0, 0.05) is 19.1 Å². The van der Waals surface area contributed by atoms with E-state index in [1.54, 1.807) is 6.92 Å². The molecule has 0 aliphatic rings. The van der Waals surface area contributed by atoms with Crippen LogP contribution in [0.5, 0.6) is 0 Å². The second kappa shape index (κ2) is 7.22. The first-order chi connectivity index (χ1) is 7.43. The van der Waals surface area contributed by atoms with Gasteiger partial charge in [0.2, 0.25) is 0 Å². The lowest BCUT2D eigenvalue weighted by atomic mass is 10.2. The van der Waals surface area contributed by atoms with Gasteiger partial charge in [0.1, 0.15) is 0 Å². The molecule has 0 bridgehead atoms. The van der Waals surface area contributed by atoms with Gasteiger partial charge in [-0.15, -0.1) is 0 Å². The summed E-state index contributed by atoms with van der Waals surface area (Å²) in [5.41, 5.74) is 0. The van der Waals surface area contributed by atoms with Crippen LogP contribution in [-0.4, -0.2) is 61.5 Å². The van der Waals surface area contributed by atoms with Gasteiger partial charge in [-0.2, -0.15) is 0 Å². The van der Waals surface area contributed by atoms with Crippen molar-refractivity contribution in [3.05, 3.63) is 0 Å². The van der Waals surface area contributed by atoms with E-state index in [0.29, 0.717) is 6.54 Å². The zero-order chi connectivity index (χ0) is 12.7. The minimum Gasteiger partial charge on any atom is -0.459 e. The molecule has 0 aliphatic heterocycles. The highest BCUT2D eigenvalue weighted by molar-refractivity contribution is 6.32. The first-order valence-corrected chi connectivity index (χ1v) is 5.56. The molecule has 1 unspecified atom stereocenters. The molecular formula is C11H22N2O3. The number of esters is 1. The molecule has 0 aromatic carbocycles. The van der Waals surface area contributed by atoms with Crippen LogP contribution in [0.1, 0.15) is 20.8 Å². The molecule has 5 nitrogen and oxygen atoms in total. The van der Waals surface area contributed by atoms with Crippen molar-refractivity contribution >= 4 is 11.9 Å². The predicted octanol–water partition coefficient (Wildman–Crippen LogP) is 0.348. The monoisotopic (exact) mass is 230 g/mol. The van der Waals surface area contributed by atoms with Crippen molar-refractivity contribution in [2.24, 2.45) is 0 Å². The Morgan fingerprint density at radius 1 is 1.25 bits per heavy atom. The number of likely N-dealkylation sites (N-methyl/N-ethyl adjacent to an activating group) is 2. The summed E-state index contributed by atoms with van der Waals surface area (Å²) in [6, 6.07) is -0.00286.